The second kappa shape index (κ2) is 6.64. The van der Waals surface area contributed by atoms with Gasteiger partial charge in [0.25, 0.3) is 5.91 Å². The number of aromatic amines is 1. The van der Waals surface area contributed by atoms with Crippen molar-refractivity contribution >= 4 is 11.7 Å². The third-order valence-corrected chi connectivity index (χ3v) is 4.95. The fourth-order valence-corrected chi connectivity index (χ4v) is 3.64. The van der Waals surface area contributed by atoms with Gasteiger partial charge in [0.15, 0.2) is 5.78 Å². The van der Waals surface area contributed by atoms with E-state index in [1.807, 2.05) is 61.5 Å². The number of amides is 1. The van der Waals surface area contributed by atoms with Crippen LogP contribution in [0.4, 0.5) is 0 Å². The van der Waals surface area contributed by atoms with E-state index in [1.54, 1.807) is 0 Å². The van der Waals surface area contributed by atoms with Crippen molar-refractivity contribution in [3.63, 3.8) is 0 Å². The quantitative estimate of drug-likeness (QED) is 0.712. The summed E-state index contributed by atoms with van der Waals surface area (Å²) in [7, 11) is 0. The van der Waals surface area contributed by atoms with Crippen LogP contribution in [-0.4, -0.2) is 23.2 Å². The number of H-pyrrole nitrogens is 1. The monoisotopic (exact) mass is 344 g/mol. The number of carbonyl (C=O) groups is 2. The summed E-state index contributed by atoms with van der Waals surface area (Å²) in [5.74, 6) is -0.0230. The zero-order valence-electron chi connectivity index (χ0n) is 14.6. The maximum Gasteiger partial charge on any atom is 0.253 e. The van der Waals surface area contributed by atoms with Gasteiger partial charge in [-0.3, -0.25) is 9.59 Å². The summed E-state index contributed by atoms with van der Waals surface area (Å²) in [4.78, 5) is 28.6. The molecule has 4 heteroatoms. The van der Waals surface area contributed by atoms with E-state index in [1.165, 1.54) is 0 Å². The maximum absolute atomic E-state index is 12.9. The van der Waals surface area contributed by atoms with Crippen LogP contribution in [0.3, 0.4) is 0 Å². The first-order chi connectivity index (χ1) is 12.6. The van der Waals surface area contributed by atoms with Crippen molar-refractivity contribution in [2.24, 2.45) is 0 Å². The molecule has 1 aromatic heterocycles. The molecule has 130 valence electrons. The number of ketones is 1. The van der Waals surface area contributed by atoms with Crippen molar-refractivity contribution in [1.82, 2.24) is 10.3 Å². The van der Waals surface area contributed by atoms with Gasteiger partial charge in [0.05, 0.1) is 5.56 Å². The van der Waals surface area contributed by atoms with E-state index >= 15 is 0 Å². The Kier molecular flexibility index (Phi) is 4.17. The second-order valence-electron chi connectivity index (χ2n) is 6.62. The number of hydrogen-bond acceptors (Lipinski definition) is 2. The lowest BCUT2D eigenvalue weighted by Gasteiger charge is -2.15. The van der Waals surface area contributed by atoms with Crippen molar-refractivity contribution in [2.45, 2.75) is 19.8 Å². The zero-order valence-corrected chi connectivity index (χ0v) is 14.6. The first kappa shape index (κ1) is 16.3. The second-order valence-corrected chi connectivity index (χ2v) is 6.62. The summed E-state index contributed by atoms with van der Waals surface area (Å²) in [5, 5.41) is 2.92. The van der Waals surface area contributed by atoms with Gasteiger partial charge in [-0.2, -0.15) is 0 Å². The number of hydrogen-bond donors (Lipinski definition) is 2. The van der Waals surface area contributed by atoms with Crippen LogP contribution in [0, 0.1) is 6.92 Å². The van der Waals surface area contributed by atoms with Crippen LogP contribution in [0.15, 0.2) is 54.6 Å². The molecule has 0 aliphatic carbocycles. The Hall–Kier alpha value is -3.14. The van der Waals surface area contributed by atoms with Crippen LogP contribution in [0.2, 0.25) is 0 Å². The fraction of sp³-hybridized carbons (Fsp3) is 0.182. The number of aromatic nitrogens is 1. The molecular formula is C22H20N2O2. The van der Waals surface area contributed by atoms with E-state index < -0.39 is 0 Å². The van der Waals surface area contributed by atoms with Gasteiger partial charge in [-0.25, -0.2) is 0 Å². The van der Waals surface area contributed by atoms with Crippen LogP contribution in [0.5, 0.6) is 0 Å². The van der Waals surface area contributed by atoms with Crippen LogP contribution in [0.1, 0.15) is 48.8 Å². The number of rotatable bonds is 4. The van der Waals surface area contributed by atoms with Gasteiger partial charge in [-0.05, 0) is 18.1 Å². The van der Waals surface area contributed by atoms with E-state index in [-0.39, 0.29) is 11.7 Å². The third kappa shape index (κ3) is 2.84. The Morgan fingerprint density at radius 3 is 2.58 bits per heavy atom. The average molecular weight is 344 g/mol. The van der Waals surface area contributed by atoms with E-state index in [0.29, 0.717) is 24.1 Å². The molecule has 0 radical (unpaired) electrons. The number of fused-ring (bicyclic) bond motifs is 1. The Bertz CT molecular complexity index is 987. The number of carbonyl (C=O) groups excluding carboxylic acids is 2. The molecule has 1 amide bonds. The highest BCUT2D eigenvalue weighted by atomic mass is 16.1. The van der Waals surface area contributed by atoms with E-state index in [2.05, 4.69) is 10.3 Å². The molecule has 4 nitrogen and oxygen atoms in total. The van der Waals surface area contributed by atoms with E-state index in [9.17, 15) is 9.59 Å². The first-order valence-corrected chi connectivity index (χ1v) is 8.81. The van der Waals surface area contributed by atoms with Crippen molar-refractivity contribution in [3.05, 3.63) is 93.8 Å². The smallest absolute Gasteiger partial charge is 0.253 e. The maximum atomic E-state index is 12.9. The lowest BCUT2D eigenvalue weighted by molar-refractivity contribution is 0.0944. The van der Waals surface area contributed by atoms with Gasteiger partial charge in [0.2, 0.25) is 0 Å². The Balaban J connectivity index is 1.74. The Labute approximate surface area is 152 Å². The van der Waals surface area contributed by atoms with Crippen molar-refractivity contribution < 1.29 is 9.59 Å². The number of aryl methyl sites for hydroxylation is 1. The molecule has 4 rings (SSSR count). The highest BCUT2D eigenvalue weighted by Gasteiger charge is 2.25. The molecule has 2 N–H and O–H groups in total. The predicted molar refractivity (Wildman–Crippen MR) is 101 cm³/mol. The molecule has 0 saturated carbocycles. The van der Waals surface area contributed by atoms with Crippen molar-refractivity contribution in [3.8, 4) is 0 Å². The van der Waals surface area contributed by atoms with Gasteiger partial charge in [0, 0.05) is 41.9 Å². The minimum Gasteiger partial charge on any atom is -0.362 e. The van der Waals surface area contributed by atoms with Crippen LogP contribution in [0.25, 0.3) is 0 Å². The molecule has 1 aliphatic heterocycles. The predicted octanol–water partition coefficient (Wildman–Crippen LogP) is 3.43. The van der Waals surface area contributed by atoms with Gasteiger partial charge in [-0.15, -0.1) is 0 Å². The molecule has 0 bridgehead atoms. The average Bonchev–Trinajstić information content (AvgIpc) is 2.99. The molecule has 26 heavy (non-hydrogen) atoms. The molecule has 0 spiro atoms. The van der Waals surface area contributed by atoms with Crippen LogP contribution >= 0.6 is 0 Å². The van der Waals surface area contributed by atoms with Crippen LogP contribution < -0.4 is 5.32 Å². The summed E-state index contributed by atoms with van der Waals surface area (Å²) in [6.07, 6.45) is 1.37. The Morgan fingerprint density at radius 1 is 1.04 bits per heavy atom. The molecule has 2 heterocycles. The standard InChI is InChI=1S/C22H20N2O2/c1-14-18(20-19(24-14)11-12-23-22(20)26)13-16-9-5-6-10-17(16)21(25)15-7-3-2-4-8-15/h2-10,24H,11-13H2,1H3,(H,23,26). The highest BCUT2D eigenvalue weighted by molar-refractivity contribution is 6.10. The van der Waals surface area contributed by atoms with Crippen molar-refractivity contribution in [1.29, 1.82) is 0 Å². The highest BCUT2D eigenvalue weighted by Crippen LogP contribution is 2.26. The van der Waals surface area contributed by atoms with Gasteiger partial charge >= 0.3 is 0 Å². The fourth-order valence-electron chi connectivity index (χ4n) is 3.64. The molecule has 0 unspecified atom stereocenters. The third-order valence-electron chi connectivity index (χ3n) is 4.95. The molecule has 1 aliphatic rings. The molecule has 2 aromatic carbocycles. The summed E-state index contributed by atoms with van der Waals surface area (Å²) < 4.78 is 0. The Morgan fingerprint density at radius 2 is 1.77 bits per heavy atom. The largest absolute Gasteiger partial charge is 0.362 e. The summed E-state index contributed by atoms with van der Waals surface area (Å²) in [6, 6.07) is 16.9. The van der Waals surface area contributed by atoms with Gasteiger partial charge < -0.3 is 10.3 Å². The van der Waals surface area contributed by atoms with Crippen LogP contribution in [-0.2, 0) is 12.8 Å². The molecule has 0 fully saturated rings. The van der Waals surface area contributed by atoms with E-state index in [0.717, 1.165) is 34.5 Å². The normalized spacial score (nSPS) is 13.2. The molecular weight excluding hydrogens is 324 g/mol. The lowest BCUT2D eigenvalue weighted by Crippen LogP contribution is -2.32. The minimum atomic E-state index is -0.0301. The SMILES string of the molecule is Cc1[nH]c2c(c1Cc1ccccc1C(=O)c1ccccc1)C(=O)NCC2. The minimum absolute atomic E-state index is 0.00714. The van der Waals surface area contributed by atoms with Gasteiger partial charge in [-0.1, -0.05) is 54.6 Å². The number of nitrogens with one attached hydrogen (secondary N) is 2. The lowest BCUT2D eigenvalue weighted by atomic mass is 9.92. The van der Waals surface area contributed by atoms with Crippen molar-refractivity contribution in [2.75, 3.05) is 6.54 Å². The molecule has 3 aromatic rings. The zero-order chi connectivity index (χ0) is 18.1. The topological polar surface area (TPSA) is 62.0 Å². The molecule has 0 saturated heterocycles. The molecule has 0 atom stereocenters. The summed E-state index contributed by atoms with van der Waals surface area (Å²) in [5.41, 5.74) is 6.00. The van der Waals surface area contributed by atoms with Gasteiger partial charge in [0.1, 0.15) is 0 Å². The van der Waals surface area contributed by atoms with E-state index in [4.69, 9.17) is 0 Å². The number of benzene rings is 2. The first-order valence-electron chi connectivity index (χ1n) is 8.81. The summed E-state index contributed by atoms with van der Waals surface area (Å²) >= 11 is 0. The summed E-state index contributed by atoms with van der Waals surface area (Å²) in [6.45, 7) is 2.65.